The predicted molar refractivity (Wildman–Crippen MR) is 111 cm³/mol. The van der Waals surface area contributed by atoms with Crippen LogP contribution < -0.4 is 4.31 Å². The van der Waals surface area contributed by atoms with E-state index in [1.54, 1.807) is 35.8 Å². The molecule has 0 fully saturated rings. The summed E-state index contributed by atoms with van der Waals surface area (Å²) in [5.41, 5.74) is 3.92. The number of pyridine rings is 1. The van der Waals surface area contributed by atoms with Crippen LogP contribution in [0, 0.1) is 0 Å². The van der Waals surface area contributed by atoms with E-state index < -0.39 is 20.7 Å². The van der Waals surface area contributed by atoms with Crippen LogP contribution >= 0.6 is 11.3 Å². The molecule has 2 aromatic heterocycles. The average Bonchev–Trinajstić information content (AvgIpc) is 3.12. The minimum atomic E-state index is -3.46. The average molecular weight is 434 g/mol. The Hall–Kier alpha value is -2.56. The molecule has 4 rings (SSSR count). The molecule has 0 radical (unpaired) electrons. The van der Waals surface area contributed by atoms with Crippen molar-refractivity contribution in [3.05, 3.63) is 59.7 Å². The van der Waals surface area contributed by atoms with Crippen molar-refractivity contribution in [1.29, 1.82) is 0 Å². The summed E-state index contributed by atoms with van der Waals surface area (Å²) < 4.78 is 50.3. The van der Waals surface area contributed by atoms with Gasteiger partial charge in [-0.15, -0.1) is 11.3 Å². The molecule has 4 aromatic rings. The molecular weight excluding hydrogens is 418 g/mol. The van der Waals surface area contributed by atoms with E-state index >= 15 is 0 Å². The molecule has 0 aliphatic rings. The quantitative estimate of drug-likeness (QED) is 0.486. The standard InChI is InChI=1S/C18H15N3O4S3/c1-28(24,25)17-4-2-3-14-12(7-8-19-18(14)17)10-21(27(22)23)13-5-6-16-15(9-13)20-11-26-16/h2-9,11,27H,10H2,1H3. The van der Waals surface area contributed by atoms with Gasteiger partial charge in [-0.25, -0.2) is 21.8 Å². The van der Waals surface area contributed by atoms with Gasteiger partial charge in [-0.3, -0.25) is 9.29 Å². The molecule has 0 atom stereocenters. The van der Waals surface area contributed by atoms with E-state index in [0.717, 1.165) is 16.5 Å². The number of rotatable bonds is 5. The zero-order valence-corrected chi connectivity index (χ0v) is 17.2. The highest BCUT2D eigenvalue weighted by Crippen LogP contribution is 2.28. The highest BCUT2D eigenvalue weighted by atomic mass is 32.2. The van der Waals surface area contributed by atoms with Gasteiger partial charge in [0.05, 0.1) is 38.4 Å². The lowest BCUT2D eigenvalue weighted by Crippen LogP contribution is -2.20. The topological polar surface area (TPSA) is 97.3 Å². The largest absolute Gasteiger partial charge is 0.268 e. The zero-order chi connectivity index (χ0) is 19.9. The lowest BCUT2D eigenvalue weighted by Gasteiger charge is -2.19. The van der Waals surface area contributed by atoms with Gasteiger partial charge in [0.25, 0.3) is 0 Å². The first-order valence-corrected chi connectivity index (χ1v) is 12.1. The van der Waals surface area contributed by atoms with Crippen molar-refractivity contribution in [2.24, 2.45) is 0 Å². The Morgan fingerprint density at radius 1 is 1.11 bits per heavy atom. The number of sulfone groups is 1. The third-order valence-electron chi connectivity index (χ3n) is 4.35. The molecule has 0 N–H and O–H groups in total. The normalized spacial score (nSPS) is 12.1. The number of thiol groups is 1. The van der Waals surface area contributed by atoms with Crippen LogP contribution in [-0.4, -0.2) is 33.1 Å². The Kier molecular flexibility index (Phi) is 4.77. The van der Waals surface area contributed by atoms with Crippen LogP contribution in [0.1, 0.15) is 5.56 Å². The highest BCUT2D eigenvalue weighted by molar-refractivity contribution is 7.91. The number of aromatic nitrogens is 2. The van der Waals surface area contributed by atoms with Gasteiger partial charge in [0.1, 0.15) is 0 Å². The summed E-state index contributed by atoms with van der Waals surface area (Å²) >= 11 is 1.48. The van der Waals surface area contributed by atoms with Crippen molar-refractivity contribution >= 4 is 58.9 Å². The van der Waals surface area contributed by atoms with Crippen molar-refractivity contribution in [1.82, 2.24) is 9.97 Å². The number of thiazole rings is 1. The first kappa shape index (κ1) is 18.8. The van der Waals surface area contributed by atoms with Crippen LogP contribution in [-0.2, 0) is 27.3 Å². The fourth-order valence-corrected chi connectivity index (χ4v) is 5.13. The van der Waals surface area contributed by atoms with Gasteiger partial charge in [0.2, 0.25) is 10.9 Å². The Morgan fingerprint density at radius 2 is 1.93 bits per heavy atom. The number of hydrogen-bond acceptors (Lipinski definition) is 7. The Balaban J connectivity index is 1.83. The van der Waals surface area contributed by atoms with E-state index in [0.29, 0.717) is 22.2 Å². The van der Waals surface area contributed by atoms with E-state index in [1.807, 2.05) is 6.07 Å². The molecule has 7 nitrogen and oxygen atoms in total. The second-order valence-electron chi connectivity index (χ2n) is 6.19. The number of hydrogen-bond donors (Lipinski definition) is 1. The van der Waals surface area contributed by atoms with Crippen molar-refractivity contribution < 1.29 is 16.8 Å². The van der Waals surface area contributed by atoms with Gasteiger partial charge in [-0.1, -0.05) is 12.1 Å². The summed E-state index contributed by atoms with van der Waals surface area (Å²) in [6.07, 6.45) is 2.62. The summed E-state index contributed by atoms with van der Waals surface area (Å²) in [5, 5.41) is 0.599. The first-order chi connectivity index (χ1) is 13.3. The maximum absolute atomic E-state index is 12.1. The van der Waals surface area contributed by atoms with Crippen LogP contribution in [0.3, 0.4) is 0 Å². The third-order valence-corrected chi connectivity index (χ3v) is 7.06. The van der Waals surface area contributed by atoms with Crippen molar-refractivity contribution in [3.63, 3.8) is 0 Å². The fourth-order valence-electron chi connectivity index (χ4n) is 3.05. The van der Waals surface area contributed by atoms with Crippen LogP contribution in [0.4, 0.5) is 5.69 Å². The molecule has 0 saturated heterocycles. The lowest BCUT2D eigenvalue weighted by atomic mass is 10.1. The summed E-state index contributed by atoms with van der Waals surface area (Å²) in [7, 11) is -6.38. The van der Waals surface area contributed by atoms with Gasteiger partial charge in [0, 0.05) is 17.8 Å². The molecule has 144 valence electrons. The number of para-hydroxylation sites is 1. The Bertz CT molecular complexity index is 1370. The molecule has 0 unspecified atom stereocenters. The SMILES string of the molecule is CS(=O)(=O)c1cccc2c(CN(c3ccc4scnc4c3)[SH](=O)=O)ccnc12. The van der Waals surface area contributed by atoms with Gasteiger partial charge in [0.15, 0.2) is 9.84 Å². The van der Waals surface area contributed by atoms with Crippen LogP contribution in [0.25, 0.3) is 21.1 Å². The van der Waals surface area contributed by atoms with E-state index in [2.05, 4.69) is 9.97 Å². The molecule has 0 aliphatic carbocycles. The number of fused-ring (bicyclic) bond motifs is 2. The number of nitrogens with zero attached hydrogens (tertiary/aromatic N) is 3. The first-order valence-electron chi connectivity index (χ1n) is 8.16. The Labute approximate surface area is 167 Å². The van der Waals surface area contributed by atoms with Gasteiger partial charge >= 0.3 is 0 Å². The molecule has 0 amide bonds. The maximum Gasteiger partial charge on any atom is 0.225 e. The van der Waals surface area contributed by atoms with Crippen molar-refractivity contribution in [3.8, 4) is 0 Å². The minimum absolute atomic E-state index is 0.0561. The summed E-state index contributed by atoms with van der Waals surface area (Å²) in [6.45, 7) is 0.0561. The zero-order valence-electron chi connectivity index (χ0n) is 14.6. The van der Waals surface area contributed by atoms with Crippen LogP contribution in [0.15, 0.2) is 59.1 Å². The minimum Gasteiger partial charge on any atom is -0.268 e. The molecule has 0 saturated carbocycles. The fraction of sp³-hybridized carbons (Fsp3) is 0.111. The van der Waals surface area contributed by atoms with E-state index in [4.69, 9.17) is 0 Å². The molecular formula is C18H15N3O4S3. The third kappa shape index (κ3) is 3.46. The Morgan fingerprint density at radius 3 is 2.68 bits per heavy atom. The monoisotopic (exact) mass is 433 g/mol. The molecule has 2 heterocycles. The number of anilines is 1. The van der Waals surface area contributed by atoms with E-state index in [-0.39, 0.29) is 11.4 Å². The smallest absolute Gasteiger partial charge is 0.225 e. The molecule has 0 aliphatic heterocycles. The second-order valence-corrected chi connectivity index (χ2v) is 10.0. The number of benzene rings is 2. The molecule has 0 bridgehead atoms. The van der Waals surface area contributed by atoms with Gasteiger partial charge in [-0.05, 0) is 35.9 Å². The van der Waals surface area contributed by atoms with Gasteiger partial charge < -0.3 is 0 Å². The molecule has 28 heavy (non-hydrogen) atoms. The summed E-state index contributed by atoms with van der Waals surface area (Å²) in [4.78, 5) is 8.56. The van der Waals surface area contributed by atoms with Crippen molar-refractivity contribution in [2.45, 2.75) is 11.4 Å². The van der Waals surface area contributed by atoms with Crippen molar-refractivity contribution in [2.75, 3.05) is 10.6 Å². The van der Waals surface area contributed by atoms with Gasteiger partial charge in [-0.2, -0.15) is 0 Å². The van der Waals surface area contributed by atoms with Crippen LogP contribution in [0.2, 0.25) is 0 Å². The van der Waals surface area contributed by atoms with E-state index in [1.165, 1.54) is 27.9 Å². The predicted octanol–water partition coefficient (Wildman–Crippen LogP) is 2.78. The molecule has 2 aromatic carbocycles. The lowest BCUT2D eigenvalue weighted by molar-refractivity contribution is 0.602. The maximum atomic E-state index is 12.1. The molecule has 10 heteroatoms. The summed E-state index contributed by atoms with van der Waals surface area (Å²) in [5.74, 6) is 0. The van der Waals surface area contributed by atoms with Crippen LogP contribution in [0.5, 0.6) is 0 Å². The molecule has 0 spiro atoms. The summed E-state index contributed by atoms with van der Waals surface area (Å²) in [6, 6.07) is 11.9. The highest BCUT2D eigenvalue weighted by Gasteiger charge is 2.17. The van der Waals surface area contributed by atoms with E-state index in [9.17, 15) is 16.8 Å². The second kappa shape index (κ2) is 7.12.